The van der Waals surface area contributed by atoms with Gasteiger partial charge in [-0.25, -0.2) is 0 Å². The van der Waals surface area contributed by atoms with Gasteiger partial charge in [0.05, 0.1) is 4.88 Å². The number of carbonyl (C=O) groups is 4. The molecule has 130 valence electrons. The van der Waals surface area contributed by atoms with E-state index in [9.17, 15) is 19.2 Å². The zero-order valence-corrected chi connectivity index (χ0v) is 14.0. The Labute approximate surface area is 147 Å². The third-order valence-electron chi connectivity index (χ3n) is 3.21. The number of rotatable bonds is 8. The van der Waals surface area contributed by atoms with Gasteiger partial charge in [0.1, 0.15) is 6.54 Å². The fourth-order valence-electron chi connectivity index (χ4n) is 1.97. The molecular formula is C17H16N2O5S. The van der Waals surface area contributed by atoms with Crippen LogP contribution in [0.15, 0.2) is 41.8 Å². The van der Waals surface area contributed by atoms with Crippen molar-refractivity contribution in [1.82, 2.24) is 5.32 Å². The second-order valence-electron chi connectivity index (χ2n) is 5.10. The third-order valence-corrected chi connectivity index (χ3v) is 4.12. The highest BCUT2D eigenvalue weighted by atomic mass is 32.1. The maximum Gasteiger partial charge on any atom is 0.322 e. The van der Waals surface area contributed by atoms with Crippen LogP contribution >= 0.6 is 11.3 Å². The number of benzene rings is 1. The molecule has 2 aromatic rings. The summed E-state index contributed by atoms with van der Waals surface area (Å²) in [6.07, 6.45) is 0.194. The number of thiophene rings is 1. The van der Waals surface area contributed by atoms with Crippen LogP contribution in [0.25, 0.3) is 0 Å². The van der Waals surface area contributed by atoms with Gasteiger partial charge in [0.25, 0.3) is 5.91 Å². The van der Waals surface area contributed by atoms with E-state index < -0.39 is 18.4 Å². The number of Topliss-reactive ketones (excluding diaryl/α,β-unsaturated/α-hetero) is 1. The molecule has 0 saturated heterocycles. The normalized spacial score (nSPS) is 10.1. The summed E-state index contributed by atoms with van der Waals surface area (Å²) in [6, 6.07) is 9.53. The lowest BCUT2D eigenvalue weighted by atomic mass is 10.1. The summed E-state index contributed by atoms with van der Waals surface area (Å²) in [5, 5.41) is 15.2. The van der Waals surface area contributed by atoms with Gasteiger partial charge in [-0.2, -0.15) is 0 Å². The molecule has 1 aromatic heterocycles. The summed E-state index contributed by atoms with van der Waals surface area (Å²) < 4.78 is 0. The molecular weight excluding hydrogens is 344 g/mol. The van der Waals surface area contributed by atoms with Crippen LogP contribution in [0.5, 0.6) is 0 Å². The molecule has 0 fully saturated rings. The van der Waals surface area contributed by atoms with Crippen molar-refractivity contribution in [2.24, 2.45) is 0 Å². The molecule has 0 unspecified atom stereocenters. The molecule has 1 aromatic carbocycles. The summed E-state index contributed by atoms with van der Waals surface area (Å²) >= 11 is 1.34. The fraction of sp³-hybridized carbons (Fsp3) is 0.176. The predicted octanol–water partition coefficient (Wildman–Crippen LogP) is 2.16. The van der Waals surface area contributed by atoms with Crippen molar-refractivity contribution in [1.29, 1.82) is 0 Å². The molecule has 0 aliphatic carbocycles. The highest BCUT2D eigenvalue weighted by Crippen LogP contribution is 2.14. The molecule has 3 N–H and O–H groups in total. The van der Waals surface area contributed by atoms with E-state index in [1.807, 2.05) is 5.38 Å². The standard InChI is InChI=1S/C17H16N2O5S/c20-13(14-2-1-9-25-14)7-8-15(21)19-12-5-3-11(4-6-12)17(24)18-10-16(22)23/h1-6,9H,7-8,10H2,(H,18,24)(H,19,21)(H,22,23). The molecule has 0 spiro atoms. The Balaban J connectivity index is 1.82. The first-order valence-electron chi connectivity index (χ1n) is 7.42. The summed E-state index contributed by atoms with van der Waals surface area (Å²) in [5.74, 6) is -2.01. The van der Waals surface area contributed by atoms with Crippen LogP contribution in [-0.4, -0.2) is 35.2 Å². The molecule has 0 bridgehead atoms. The number of ketones is 1. The highest BCUT2D eigenvalue weighted by Gasteiger charge is 2.11. The average molecular weight is 360 g/mol. The molecule has 0 atom stereocenters. The SMILES string of the molecule is O=C(O)CNC(=O)c1ccc(NC(=O)CCC(=O)c2cccs2)cc1. The summed E-state index contributed by atoms with van der Waals surface area (Å²) in [5.41, 5.74) is 0.774. The van der Waals surface area contributed by atoms with E-state index in [2.05, 4.69) is 10.6 Å². The van der Waals surface area contributed by atoms with Crippen molar-refractivity contribution in [3.63, 3.8) is 0 Å². The van der Waals surface area contributed by atoms with Crippen molar-refractivity contribution in [2.45, 2.75) is 12.8 Å². The Morgan fingerprint density at radius 3 is 2.32 bits per heavy atom. The summed E-state index contributed by atoms with van der Waals surface area (Å²) in [7, 11) is 0. The molecule has 7 nitrogen and oxygen atoms in total. The summed E-state index contributed by atoms with van der Waals surface area (Å²) in [4.78, 5) is 46.4. The van der Waals surface area contributed by atoms with Crippen molar-refractivity contribution in [3.8, 4) is 0 Å². The first-order chi connectivity index (χ1) is 12.0. The van der Waals surface area contributed by atoms with Crippen LogP contribution in [0, 0.1) is 0 Å². The number of carboxylic acid groups (broad SMARTS) is 1. The van der Waals surface area contributed by atoms with Crippen molar-refractivity contribution < 1.29 is 24.3 Å². The Bertz CT molecular complexity index is 769. The maximum absolute atomic E-state index is 11.9. The van der Waals surface area contributed by atoms with E-state index in [1.54, 1.807) is 12.1 Å². The number of hydrogen-bond acceptors (Lipinski definition) is 5. The molecule has 8 heteroatoms. The Morgan fingerprint density at radius 2 is 1.72 bits per heavy atom. The minimum atomic E-state index is -1.13. The Morgan fingerprint density at radius 1 is 1.00 bits per heavy atom. The third kappa shape index (κ3) is 5.85. The van der Waals surface area contributed by atoms with Crippen LogP contribution in [0.2, 0.25) is 0 Å². The molecule has 0 aliphatic rings. The molecule has 0 aliphatic heterocycles. The number of anilines is 1. The smallest absolute Gasteiger partial charge is 0.322 e. The monoisotopic (exact) mass is 360 g/mol. The van der Waals surface area contributed by atoms with E-state index in [-0.39, 0.29) is 30.1 Å². The van der Waals surface area contributed by atoms with E-state index in [0.29, 0.717) is 10.6 Å². The number of amides is 2. The van der Waals surface area contributed by atoms with Gasteiger partial charge >= 0.3 is 5.97 Å². The van der Waals surface area contributed by atoms with Gasteiger partial charge in [0.2, 0.25) is 5.91 Å². The summed E-state index contributed by atoms with van der Waals surface area (Å²) in [6.45, 7) is -0.463. The van der Waals surface area contributed by atoms with Crippen LogP contribution in [0.3, 0.4) is 0 Å². The number of carbonyl (C=O) groups excluding carboxylic acids is 3. The first-order valence-corrected chi connectivity index (χ1v) is 8.30. The van der Waals surface area contributed by atoms with Gasteiger partial charge in [-0.15, -0.1) is 11.3 Å². The first kappa shape index (κ1) is 18.3. The number of carboxylic acids is 1. The predicted molar refractivity (Wildman–Crippen MR) is 92.9 cm³/mol. The molecule has 1 heterocycles. The van der Waals surface area contributed by atoms with E-state index in [0.717, 1.165) is 0 Å². The maximum atomic E-state index is 11.9. The van der Waals surface area contributed by atoms with E-state index in [4.69, 9.17) is 5.11 Å². The number of aliphatic carboxylic acids is 1. The van der Waals surface area contributed by atoms with Gasteiger partial charge in [-0.3, -0.25) is 19.2 Å². The zero-order chi connectivity index (χ0) is 18.2. The van der Waals surface area contributed by atoms with Gasteiger partial charge < -0.3 is 15.7 Å². The molecule has 0 saturated carbocycles. The number of hydrogen-bond donors (Lipinski definition) is 3. The molecule has 2 amide bonds. The van der Waals surface area contributed by atoms with Crippen LogP contribution in [0.4, 0.5) is 5.69 Å². The van der Waals surface area contributed by atoms with Gasteiger partial charge in [-0.1, -0.05) is 6.07 Å². The Hall–Kier alpha value is -3.00. The van der Waals surface area contributed by atoms with E-state index in [1.165, 1.54) is 35.6 Å². The van der Waals surface area contributed by atoms with Gasteiger partial charge in [0.15, 0.2) is 5.78 Å². The van der Waals surface area contributed by atoms with Gasteiger partial charge in [0, 0.05) is 24.1 Å². The van der Waals surface area contributed by atoms with Crippen LogP contribution in [0.1, 0.15) is 32.9 Å². The lowest BCUT2D eigenvalue weighted by Gasteiger charge is -2.06. The molecule has 25 heavy (non-hydrogen) atoms. The van der Waals surface area contributed by atoms with Crippen molar-refractivity contribution >= 4 is 40.6 Å². The van der Waals surface area contributed by atoms with Crippen LogP contribution in [-0.2, 0) is 9.59 Å². The molecule has 2 rings (SSSR count). The average Bonchev–Trinajstić information content (AvgIpc) is 3.13. The zero-order valence-electron chi connectivity index (χ0n) is 13.2. The minimum absolute atomic E-state index is 0.0670. The fourth-order valence-corrected chi connectivity index (χ4v) is 2.67. The second kappa shape index (κ2) is 8.74. The minimum Gasteiger partial charge on any atom is -0.480 e. The second-order valence-corrected chi connectivity index (χ2v) is 6.05. The van der Waals surface area contributed by atoms with Gasteiger partial charge in [-0.05, 0) is 35.7 Å². The highest BCUT2D eigenvalue weighted by molar-refractivity contribution is 7.12. The lowest BCUT2D eigenvalue weighted by Crippen LogP contribution is -2.29. The van der Waals surface area contributed by atoms with Crippen molar-refractivity contribution in [3.05, 3.63) is 52.2 Å². The van der Waals surface area contributed by atoms with Crippen molar-refractivity contribution in [2.75, 3.05) is 11.9 Å². The lowest BCUT2D eigenvalue weighted by molar-refractivity contribution is -0.135. The molecule has 0 radical (unpaired) electrons. The Kier molecular flexibility index (Phi) is 6.41. The van der Waals surface area contributed by atoms with E-state index >= 15 is 0 Å². The topological polar surface area (TPSA) is 113 Å². The number of nitrogens with one attached hydrogen (secondary N) is 2. The van der Waals surface area contributed by atoms with Crippen LogP contribution < -0.4 is 10.6 Å². The quantitative estimate of drug-likeness (QED) is 0.625. The largest absolute Gasteiger partial charge is 0.480 e.